The minimum absolute atomic E-state index is 0.0475. The molecule has 0 radical (unpaired) electrons. The molecule has 5 heteroatoms. The minimum atomic E-state index is -0.277. The number of carbonyl (C=O) groups is 2. The van der Waals surface area contributed by atoms with Crippen molar-refractivity contribution in [1.29, 1.82) is 0 Å². The van der Waals surface area contributed by atoms with E-state index < -0.39 is 0 Å². The zero-order chi connectivity index (χ0) is 15.1. The predicted octanol–water partition coefficient (Wildman–Crippen LogP) is 1.44. The Labute approximate surface area is 121 Å². The zero-order valence-corrected chi connectivity index (χ0v) is 12.9. The van der Waals surface area contributed by atoms with Crippen LogP contribution in [0.25, 0.3) is 0 Å². The molecule has 114 valence electrons. The van der Waals surface area contributed by atoms with Crippen molar-refractivity contribution in [2.24, 2.45) is 0 Å². The van der Waals surface area contributed by atoms with Crippen LogP contribution in [0, 0.1) is 0 Å². The van der Waals surface area contributed by atoms with Crippen molar-refractivity contribution in [3.8, 4) is 0 Å². The second-order valence-corrected chi connectivity index (χ2v) is 5.37. The number of piperidine rings is 1. The summed E-state index contributed by atoms with van der Waals surface area (Å²) in [6.07, 6.45) is 2.80. The maximum atomic E-state index is 12.3. The number of hydrogen-bond acceptors (Lipinski definition) is 4. The Morgan fingerprint density at radius 1 is 1.40 bits per heavy atom. The summed E-state index contributed by atoms with van der Waals surface area (Å²) in [7, 11) is 1.40. The van der Waals surface area contributed by atoms with Crippen LogP contribution in [0.1, 0.15) is 33.1 Å². The van der Waals surface area contributed by atoms with Gasteiger partial charge in [-0.25, -0.2) is 0 Å². The second-order valence-electron chi connectivity index (χ2n) is 5.37. The van der Waals surface area contributed by atoms with E-state index in [2.05, 4.69) is 6.58 Å². The molecule has 0 unspecified atom stereocenters. The summed E-state index contributed by atoms with van der Waals surface area (Å²) in [4.78, 5) is 27.8. The molecule has 1 atom stereocenters. The third-order valence-corrected chi connectivity index (χ3v) is 3.62. The van der Waals surface area contributed by atoms with Crippen molar-refractivity contribution in [1.82, 2.24) is 9.80 Å². The number of methoxy groups -OCH3 is 1. The first kappa shape index (κ1) is 16.7. The van der Waals surface area contributed by atoms with Crippen molar-refractivity contribution in [2.75, 3.05) is 33.3 Å². The molecular formula is C15H26N2O3. The van der Waals surface area contributed by atoms with E-state index in [-0.39, 0.29) is 24.5 Å². The van der Waals surface area contributed by atoms with E-state index >= 15 is 0 Å². The molecule has 0 N–H and O–H groups in total. The molecule has 0 aromatic carbocycles. The highest BCUT2D eigenvalue weighted by Crippen LogP contribution is 2.18. The summed E-state index contributed by atoms with van der Waals surface area (Å²) in [6.45, 7) is 9.99. The van der Waals surface area contributed by atoms with Crippen molar-refractivity contribution < 1.29 is 14.3 Å². The van der Waals surface area contributed by atoms with Crippen LogP contribution in [0.2, 0.25) is 0 Å². The smallest absolute Gasteiger partial charge is 0.323 e. The quantitative estimate of drug-likeness (QED) is 0.546. The number of likely N-dealkylation sites (N-methyl/N-ethyl adjacent to an activating group) is 1. The van der Waals surface area contributed by atoms with E-state index in [1.165, 1.54) is 7.11 Å². The first-order valence-electron chi connectivity index (χ1n) is 7.23. The third kappa shape index (κ3) is 4.63. The fourth-order valence-electron chi connectivity index (χ4n) is 2.56. The molecule has 0 aromatic heterocycles. The zero-order valence-electron chi connectivity index (χ0n) is 12.9. The van der Waals surface area contributed by atoms with Crippen molar-refractivity contribution in [2.45, 2.75) is 39.2 Å². The third-order valence-electron chi connectivity index (χ3n) is 3.62. The van der Waals surface area contributed by atoms with Gasteiger partial charge >= 0.3 is 5.97 Å². The highest BCUT2D eigenvalue weighted by Gasteiger charge is 2.31. The molecule has 0 aromatic rings. The van der Waals surface area contributed by atoms with Crippen LogP contribution in [0.15, 0.2) is 12.2 Å². The lowest BCUT2D eigenvalue weighted by atomic mass is 10.0. The van der Waals surface area contributed by atoms with Gasteiger partial charge in [-0.2, -0.15) is 0 Å². The van der Waals surface area contributed by atoms with E-state index in [0.29, 0.717) is 13.1 Å². The van der Waals surface area contributed by atoms with E-state index in [1.807, 2.05) is 18.7 Å². The number of nitrogens with zero attached hydrogens (tertiary/aromatic N) is 2. The number of likely N-dealkylation sites (tertiary alicyclic amines) is 1. The van der Waals surface area contributed by atoms with Gasteiger partial charge < -0.3 is 9.64 Å². The van der Waals surface area contributed by atoms with Gasteiger partial charge in [0, 0.05) is 13.1 Å². The van der Waals surface area contributed by atoms with Crippen molar-refractivity contribution in [3.05, 3.63) is 12.2 Å². The van der Waals surface area contributed by atoms with Gasteiger partial charge in [0.25, 0.3) is 0 Å². The van der Waals surface area contributed by atoms with Crippen LogP contribution in [0.4, 0.5) is 0 Å². The lowest BCUT2D eigenvalue weighted by Gasteiger charge is -2.34. The summed E-state index contributed by atoms with van der Waals surface area (Å²) < 4.78 is 4.83. The van der Waals surface area contributed by atoms with E-state index in [0.717, 1.165) is 31.4 Å². The molecular weight excluding hydrogens is 256 g/mol. The Morgan fingerprint density at radius 2 is 2.10 bits per heavy atom. The lowest BCUT2D eigenvalue weighted by molar-refractivity contribution is -0.149. The molecule has 20 heavy (non-hydrogen) atoms. The number of esters is 1. The highest BCUT2D eigenvalue weighted by atomic mass is 16.5. The number of carbonyl (C=O) groups excluding carboxylic acids is 2. The maximum Gasteiger partial charge on any atom is 0.323 e. The van der Waals surface area contributed by atoms with Gasteiger partial charge in [-0.05, 0) is 33.2 Å². The second kappa shape index (κ2) is 8.04. The first-order valence-corrected chi connectivity index (χ1v) is 7.23. The molecule has 1 saturated heterocycles. The number of hydrogen-bond donors (Lipinski definition) is 0. The van der Waals surface area contributed by atoms with Gasteiger partial charge in [0.05, 0.1) is 13.7 Å². The van der Waals surface area contributed by atoms with Gasteiger partial charge in [0.2, 0.25) is 5.91 Å². The minimum Gasteiger partial charge on any atom is -0.468 e. The monoisotopic (exact) mass is 282 g/mol. The Hall–Kier alpha value is -1.36. The number of ether oxygens (including phenoxy) is 1. The summed E-state index contributed by atoms with van der Waals surface area (Å²) in [6, 6.07) is -0.277. The van der Waals surface area contributed by atoms with Crippen LogP contribution >= 0.6 is 0 Å². The van der Waals surface area contributed by atoms with Crippen LogP contribution < -0.4 is 0 Å². The average Bonchev–Trinajstić information content (AvgIpc) is 2.44. The standard InChI is InChI=1S/C15H26N2O3/c1-5-16(10-12(2)3)14(18)11-17-9-7-6-8-13(17)15(19)20-4/h13H,2,5-11H2,1,3-4H3/t13-/m1/s1. The average molecular weight is 282 g/mol. The topological polar surface area (TPSA) is 49.9 Å². The molecule has 5 nitrogen and oxygen atoms in total. The summed E-state index contributed by atoms with van der Waals surface area (Å²) in [5, 5.41) is 0. The largest absolute Gasteiger partial charge is 0.468 e. The molecule has 0 spiro atoms. The Bertz CT molecular complexity index is 368. The SMILES string of the molecule is C=C(C)CN(CC)C(=O)CN1CCCC[C@@H]1C(=O)OC. The van der Waals surface area contributed by atoms with E-state index in [1.54, 1.807) is 4.90 Å². The van der Waals surface area contributed by atoms with Crippen LogP contribution in [-0.4, -0.2) is 61.0 Å². The first-order chi connectivity index (χ1) is 9.49. The fourth-order valence-corrected chi connectivity index (χ4v) is 2.56. The summed E-state index contributed by atoms with van der Waals surface area (Å²) >= 11 is 0. The summed E-state index contributed by atoms with van der Waals surface area (Å²) in [5.41, 5.74) is 0.961. The normalized spacial score (nSPS) is 19.4. The fraction of sp³-hybridized carbons (Fsp3) is 0.733. The lowest BCUT2D eigenvalue weighted by Crippen LogP contribution is -2.50. The van der Waals surface area contributed by atoms with Gasteiger partial charge in [-0.15, -0.1) is 0 Å². The molecule has 0 aliphatic carbocycles. The van der Waals surface area contributed by atoms with Crippen molar-refractivity contribution in [3.63, 3.8) is 0 Å². The van der Waals surface area contributed by atoms with Gasteiger partial charge in [-0.3, -0.25) is 14.5 Å². The molecule has 1 aliphatic rings. The van der Waals surface area contributed by atoms with E-state index in [4.69, 9.17) is 4.74 Å². The number of rotatable bonds is 6. The highest BCUT2D eigenvalue weighted by molar-refractivity contribution is 5.81. The van der Waals surface area contributed by atoms with Gasteiger partial charge in [-0.1, -0.05) is 18.6 Å². The molecule has 1 amide bonds. The summed E-state index contributed by atoms with van der Waals surface area (Å²) in [5.74, 6) is -0.188. The Kier molecular flexibility index (Phi) is 6.71. The van der Waals surface area contributed by atoms with Crippen LogP contribution in [-0.2, 0) is 14.3 Å². The molecule has 1 heterocycles. The molecule has 0 bridgehead atoms. The molecule has 1 aliphatic heterocycles. The van der Waals surface area contributed by atoms with Crippen molar-refractivity contribution >= 4 is 11.9 Å². The predicted molar refractivity (Wildman–Crippen MR) is 78.3 cm³/mol. The maximum absolute atomic E-state index is 12.3. The number of amides is 1. The molecule has 1 rings (SSSR count). The van der Waals surface area contributed by atoms with Crippen LogP contribution in [0.3, 0.4) is 0 Å². The molecule has 0 saturated carbocycles. The molecule has 1 fully saturated rings. The van der Waals surface area contributed by atoms with Gasteiger partial charge in [0.1, 0.15) is 6.04 Å². The van der Waals surface area contributed by atoms with Gasteiger partial charge in [0.15, 0.2) is 0 Å². The van der Waals surface area contributed by atoms with Crippen LogP contribution in [0.5, 0.6) is 0 Å². The Morgan fingerprint density at radius 3 is 2.65 bits per heavy atom. The Balaban J connectivity index is 2.65. The van der Waals surface area contributed by atoms with E-state index in [9.17, 15) is 9.59 Å².